The fourth-order valence-corrected chi connectivity index (χ4v) is 3.43. The van der Waals surface area contributed by atoms with Crippen molar-refractivity contribution in [3.05, 3.63) is 35.4 Å². The van der Waals surface area contributed by atoms with Crippen molar-refractivity contribution in [3.63, 3.8) is 0 Å². The van der Waals surface area contributed by atoms with E-state index in [1.807, 2.05) is 24.3 Å². The Morgan fingerprint density at radius 1 is 1.44 bits per heavy atom. The molecule has 0 spiro atoms. The first-order valence-corrected chi connectivity index (χ1v) is 9.50. The molecule has 0 aromatic heterocycles. The Morgan fingerprint density at radius 3 is 2.60 bits per heavy atom. The number of hydrogen-bond donors (Lipinski definition) is 2. The quantitative estimate of drug-likeness (QED) is 0.465. The third kappa shape index (κ3) is 4.00. The number of rotatable bonds is 5. The highest BCUT2D eigenvalue weighted by Crippen LogP contribution is 2.29. The van der Waals surface area contributed by atoms with Crippen molar-refractivity contribution in [3.8, 4) is 11.8 Å². The maximum Gasteiger partial charge on any atom is 0.264 e. The van der Waals surface area contributed by atoms with Crippen molar-refractivity contribution < 1.29 is 23.3 Å². The lowest BCUT2D eigenvalue weighted by molar-refractivity contribution is -0.132. The van der Waals surface area contributed by atoms with E-state index in [1.165, 1.54) is 12.4 Å². The number of amides is 1. The number of sulfone groups is 1. The first-order valence-electron chi connectivity index (χ1n) is 7.61. The van der Waals surface area contributed by atoms with E-state index < -0.39 is 26.6 Å². The zero-order chi connectivity index (χ0) is 18.7. The van der Waals surface area contributed by atoms with Crippen LogP contribution >= 0.6 is 0 Å². The predicted octanol–water partition coefficient (Wildman–Crippen LogP) is 1.25. The van der Waals surface area contributed by atoms with Gasteiger partial charge in [0.25, 0.3) is 5.91 Å². The second kappa shape index (κ2) is 7.25. The van der Waals surface area contributed by atoms with Crippen LogP contribution in [0.15, 0.2) is 29.4 Å². The second-order valence-electron chi connectivity index (χ2n) is 6.07. The minimum Gasteiger partial charge on any atom is -0.392 e. The van der Waals surface area contributed by atoms with Crippen LogP contribution in [0.25, 0.3) is 0 Å². The number of hydroxylamine groups is 1. The number of nitrogens with one attached hydrogen (secondary N) is 1. The van der Waals surface area contributed by atoms with Gasteiger partial charge in [-0.15, -0.1) is 5.92 Å². The summed E-state index contributed by atoms with van der Waals surface area (Å²) in [5, 5.41) is 12.9. The number of carbonyl (C=O) groups is 1. The smallest absolute Gasteiger partial charge is 0.264 e. The van der Waals surface area contributed by atoms with Gasteiger partial charge in [-0.25, -0.2) is 13.9 Å². The summed E-state index contributed by atoms with van der Waals surface area (Å²) < 4.78 is 22.2. The Bertz CT molecular complexity index is 849. The topological polar surface area (TPSA) is 105 Å². The summed E-state index contributed by atoms with van der Waals surface area (Å²) in [6, 6.07) is 7.45. The van der Waals surface area contributed by atoms with Crippen molar-refractivity contribution >= 4 is 21.5 Å². The second-order valence-corrected chi connectivity index (χ2v) is 8.52. The minimum atomic E-state index is -3.78. The molecule has 0 saturated heterocycles. The van der Waals surface area contributed by atoms with Gasteiger partial charge in [-0.05, 0) is 31.5 Å². The molecule has 1 heterocycles. The minimum absolute atomic E-state index is 0.120. The van der Waals surface area contributed by atoms with E-state index in [9.17, 15) is 13.2 Å². The van der Waals surface area contributed by atoms with E-state index in [-0.39, 0.29) is 6.42 Å². The van der Waals surface area contributed by atoms with Gasteiger partial charge in [0.15, 0.2) is 14.6 Å². The Hall–Kier alpha value is -2.37. The van der Waals surface area contributed by atoms with Crippen LogP contribution in [0.2, 0.25) is 0 Å². The van der Waals surface area contributed by atoms with Gasteiger partial charge in [-0.3, -0.25) is 10.0 Å². The van der Waals surface area contributed by atoms with E-state index in [2.05, 4.69) is 17.0 Å². The van der Waals surface area contributed by atoms with Gasteiger partial charge in [0, 0.05) is 24.7 Å². The van der Waals surface area contributed by atoms with Gasteiger partial charge in [0.05, 0.1) is 5.71 Å². The summed E-state index contributed by atoms with van der Waals surface area (Å²) in [5.74, 6) is 4.77. The Kier molecular flexibility index (Phi) is 5.50. The highest BCUT2D eigenvalue weighted by atomic mass is 32.2. The van der Waals surface area contributed by atoms with Crippen LogP contribution < -0.4 is 5.48 Å². The number of carbonyl (C=O) groups excluding carboxylic acids is 1. The largest absolute Gasteiger partial charge is 0.392 e. The SMILES string of the molecule is CC#Cc1ccc(C2=NO[C@@H](CC(C)(C(=O)NO)S(C)(=O)=O)C2)cc1. The maximum atomic E-state index is 12.0. The number of benzene rings is 1. The zero-order valence-electron chi connectivity index (χ0n) is 14.2. The van der Waals surface area contributed by atoms with Crippen molar-refractivity contribution in [1.29, 1.82) is 0 Å². The fourth-order valence-electron chi connectivity index (χ4n) is 2.56. The van der Waals surface area contributed by atoms with Crippen molar-refractivity contribution in [2.45, 2.75) is 37.5 Å². The van der Waals surface area contributed by atoms with E-state index in [0.717, 1.165) is 17.4 Å². The summed E-state index contributed by atoms with van der Waals surface area (Å²) in [4.78, 5) is 17.2. The molecule has 0 bridgehead atoms. The molecule has 0 aliphatic carbocycles. The average molecular weight is 364 g/mol. The summed E-state index contributed by atoms with van der Waals surface area (Å²) >= 11 is 0. The molecule has 25 heavy (non-hydrogen) atoms. The first kappa shape index (κ1) is 19.0. The molecule has 1 aliphatic heterocycles. The lowest BCUT2D eigenvalue weighted by Crippen LogP contribution is -2.51. The van der Waals surface area contributed by atoms with Crippen molar-refractivity contribution in [1.82, 2.24) is 5.48 Å². The standard InChI is InChI=1S/C17H20N2O5S/c1-4-5-12-6-8-13(9-7-12)15-10-14(24-19-15)11-17(2,16(20)18-21)25(3,22)23/h6-9,14,21H,10-11H2,1-3H3,(H,18,20)/t14-,17?/m1/s1. The molecular formula is C17H20N2O5S. The van der Waals surface area contributed by atoms with E-state index in [0.29, 0.717) is 12.1 Å². The lowest BCUT2D eigenvalue weighted by Gasteiger charge is -2.26. The van der Waals surface area contributed by atoms with Gasteiger partial charge in [-0.1, -0.05) is 23.2 Å². The Morgan fingerprint density at radius 2 is 2.08 bits per heavy atom. The molecule has 7 nitrogen and oxygen atoms in total. The molecule has 1 unspecified atom stereocenters. The molecule has 1 aliphatic rings. The number of hydrogen-bond acceptors (Lipinski definition) is 6. The molecule has 1 amide bonds. The van der Waals surface area contributed by atoms with Crippen LogP contribution in [0.1, 0.15) is 37.8 Å². The molecule has 134 valence electrons. The lowest BCUT2D eigenvalue weighted by atomic mass is 9.96. The van der Waals surface area contributed by atoms with Gasteiger partial charge in [-0.2, -0.15) is 0 Å². The van der Waals surface area contributed by atoms with Crippen LogP contribution in [0.5, 0.6) is 0 Å². The van der Waals surface area contributed by atoms with E-state index in [4.69, 9.17) is 10.0 Å². The highest BCUT2D eigenvalue weighted by molar-refractivity contribution is 7.92. The molecule has 0 radical (unpaired) electrons. The first-order chi connectivity index (χ1) is 11.7. The van der Waals surface area contributed by atoms with Gasteiger partial charge in [0.1, 0.15) is 6.10 Å². The summed E-state index contributed by atoms with van der Waals surface area (Å²) in [6.45, 7) is 3.02. The van der Waals surface area contributed by atoms with Crippen molar-refractivity contribution in [2.24, 2.45) is 5.16 Å². The van der Waals surface area contributed by atoms with E-state index in [1.54, 1.807) is 6.92 Å². The van der Waals surface area contributed by atoms with Crippen molar-refractivity contribution in [2.75, 3.05) is 6.26 Å². The highest BCUT2D eigenvalue weighted by Gasteiger charge is 2.47. The van der Waals surface area contributed by atoms with E-state index >= 15 is 0 Å². The van der Waals surface area contributed by atoms with Crippen LogP contribution in [0.3, 0.4) is 0 Å². The number of oxime groups is 1. The maximum absolute atomic E-state index is 12.0. The molecule has 8 heteroatoms. The molecular weight excluding hydrogens is 344 g/mol. The molecule has 0 fully saturated rings. The van der Waals surface area contributed by atoms with Crippen LogP contribution in [0.4, 0.5) is 0 Å². The average Bonchev–Trinajstić information content (AvgIpc) is 3.02. The zero-order valence-corrected chi connectivity index (χ0v) is 15.1. The number of nitrogens with zero attached hydrogens (tertiary/aromatic N) is 1. The summed E-state index contributed by atoms with van der Waals surface area (Å²) in [7, 11) is -3.78. The summed E-state index contributed by atoms with van der Waals surface area (Å²) in [5.41, 5.74) is 3.82. The molecule has 1 aromatic rings. The van der Waals surface area contributed by atoms with Gasteiger partial charge in [0.2, 0.25) is 0 Å². The van der Waals surface area contributed by atoms with Crippen LogP contribution in [-0.2, 0) is 19.5 Å². The molecule has 2 atom stereocenters. The molecule has 2 N–H and O–H groups in total. The third-order valence-corrected chi connectivity index (χ3v) is 6.23. The Labute approximate surface area is 146 Å². The fraction of sp³-hybridized carbons (Fsp3) is 0.412. The molecule has 0 saturated carbocycles. The van der Waals surface area contributed by atoms with Crippen LogP contribution in [0, 0.1) is 11.8 Å². The van der Waals surface area contributed by atoms with Gasteiger partial charge >= 0.3 is 0 Å². The Balaban J connectivity index is 2.13. The molecule has 2 rings (SSSR count). The summed E-state index contributed by atoms with van der Waals surface area (Å²) in [6.07, 6.45) is 0.613. The van der Waals surface area contributed by atoms with Crippen LogP contribution in [-0.4, -0.2) is 42.4 Å². The normalized spacial score (nSPS) is 19.0. The molecule has 1 aromatic carbocycles. The monoisotopic (exact) mass is 364 g/mol. The van der Waals surface area contributed by atoms with Gasteiger partial charge < -0.3 is 4.84 Å². The third-order valence-electron chi connectivity index (χ3n) is 4.24. The predicted molar refractivity (Wildman–Crippen MR) is 92.8 cm³/mol.